The second kappa shape index (κ2) is 5.72. The molecule has 1 aromatic rings. The molecule has 1 aromatic carbocycles. The van der Waals surface area contributed by atoms with Crippen LogP contribution < -0.4 is 5.32 Å². The van der Waals surface area contributed by atoms with Crippen LogP contribution in [0, 0.1) is 12.8 Å². The minimum Gasteiger partial charge on any atom is -0.466 e. The van der Waals surface area contributed by atoms with Crippen molar-refractivity contribution in [3.63, 3.8) is 0 Å². The van der Waals surface area contributed by atoms with Crippen LogP contribution in [0.2, 0.25) is 5.02 Å². The van der Waals surface area contributed by atoms with E-state index in [1.54, 1.807) is 0 Å². The van der Waals surface area contributed by atoms with E-state index in [1.165, 1.54) is 0 Å². The van der Waals surface area contributed by atoms with Gasteiger partial charge < -0.3 is 10.1 Å². The van der Waals surface area contributed by atoms with Crippen molar-refractivity contribution in [2.45, 2.75) is 19.8 Å². The highest BCUT2D eigenvalue weighted by Crippen LogP contribution is 2.34. The molecule has 0 radical (unpaired) electrons. The van der Waals surface area contributed by atoms with E-state index in [0.29, 0.717) is 13.2 Å². The molecule has 0 bridgehead atoms. The molecule has 0 amide bonds. The molecule has 98 valence electrons. The lowest BCUT2D eigenvalue weighted by Crippen LogP contribution is -2.24. The monoisotopic (exact) mass is 267 g/mol. The first-order valence-corrected chi connectivity index (χ1v) is 6.64. The van der Waals surface area contributed by atoms with Crippen molar-refractivity contribution in [2.24, 2.45) is 5.92 Å². The maximum Gasteiger partial charge on any atom is 0.310 e. The van der Waals surface area contributed by atoms with Gasteiger partial charge in [-0.3, -0.25) is 4.79 Å². The summed E-state index contributed by atoms with van der Waals surface area (Å²) in [6, 6.07) is 5.99. The summed E-state index contributed by atoms with van der Waals surface area (Å²) in [5, 5.41) is 3.98. The molecule has 0 aromatic heterocycles. The third-order valence-electron chi connectivity index (χ3n) is 3.36. The van der Waals surface area contributed by atoms with Gasteiger partial charge >= 0.3 is 5.97 Å². The van der Waals surface area contributed by atoms with Crippen molar-refractivity contribution < 1.29 is 9.53 Å². The number of benzene rings is 1. The van der Waals surface area contributed by atoms with E-state index in [9.17, 15) is 4.79 Å². The number of ether oxygens (including phenoxy) is 1. The Kier molecular flexibility index (Phi) is 4.25. The Morgan fingerprint density at radius 2 is 2.28 bits per heavy atom. The zero-order valence-corrected chi connectivity index (χ0v) is 11.5. The molecule has 0 aliphatic carbocycles. The molecule has 18 heavy (non-hydrogen) atoms. The van der Waals surface area contributed by atoms with Crippen LogP contribution in [0.1, 0.15) is 24.0 Å². The minimum atomic E-state index is -0.135. The lowest BCUT2D eigenvalue weighted by Gasteiger charge is -2.18. The van der Waals surface area contributed by atoms with Crippen LogP contribution in [0.5, 0.6) is 0 Å². The van der Waals surface area contributed by atoms with Crippen LogP contribution >= 0.6 is 11.6 Å². The van der Waals surface area contributed by atoms with Gasteiger partial charge in [-0.05, 0) is 31.0 Å². The van der Waals surface area contributed by atoms with E-state index in [1.807, 2.05) is 32.0 Å². The number of nitrogens with one attached hydrogen (secondary N) is 1. The smallest absolute Gasteiger partial charge is 0.310 e. The lowest BCUT2D eigenvalue weighted by molar-refractivity contribution is -0.147. The van der Waals surface area contributed by atoms with E-state index < -0.39 is 0 Å². The van der Waals surface area contributed by atoms with Crippen molar-refractivity contribution in [3.8, 4) is 0 Å². The van der Waals surface area contributed by atoms with Gasteiger partial charge in [0.15, 0.2) is 0 Å². The molecule has 2 rings (SSSR count). The van der Waals surface area contributed by atoms with Gasteiger partial charge in [0.25, 0.3) is 0 Å². The Morgan fingerprint density at radius 3 is 2.94 bits per heavy atom. The molecule has 1 saturated heterocycles. The molecule has 1 aliphatic rings. The number of hydrogen-bond acceptors (Lipinski definition) is 3. The Morgan fingerprint density at radius 1 is 1.50 bits per heavy atom. The van der Waals surface area contributed by atoms with Crippen molar-refractivity contribution in [3.05, 3.63) is 34.3 Å². The highest BCUT2D eigenvalue weighted by molar-refractivity contribution is 6.31. The summed E-state index contributed by atoms with van der Waals surface area (Å²) in [5.74, 6) is -0.161. The van der Waals surface area contributed by atoms with Crippen LogP contribution in [0.3, 0.4) is 0 Å². The Balaban J connectivity index is 2.23. The standard InChI is InChI=1S/C14H18ClNO2/c1-3-18-14(17)12-8-16-7-11(12)10-5-4-9(2)6-13(10)15/h4-6,11-12,16H,3,7-8H2,1-2H3/t11-,12+/m0/s1. The summed E-state index contributed by atoms with van der Waals surface area (Å²) >= 11 is 6.28. The van der Waals surface area contributed by atoms with Crippen molar-refractivity contribution in [1.82, 2.24) is 5.32 Å². The molecular formula is C14H18ClNO2. The van der Waals surface area contributed by atoms with Crippen molar-refractivity contribution >= 4 is 17.6 Å². The number of rotatable bonds is 3. The van der Waals surface area contributed by atoms with Crippen LogP contribution in [0.15, 0.2) is 18.2 Å². The van der Waals surface area contributed by atoms with E-state index in [4.69, 9.17) is 16.3 Å². The second-order valence-corrected chi connectivity index (χ2v) is 5.06. The summed E-state index contributed by atoms with van der Waals surface area (Å²) < 4.78 is 5.12. The number of carbonyl (C=O) groups excluding carboxylic acids is 1. The summed E-state index contributed by atoms with van der Waals surface area (Å²) in [5.41, 5.74) is 2.16. The number of halogens is 1. The van der Waals surface area contributed by atoms with Crippen LogP contribution in [-0.2, 0) is 9.53 Å². The molecule has 1 fully saturated rings. The van der Waals surface area contributed by atoms with Crippen molar-refractivity contribution in [1.29, 1.82) is 0 Å². The normalized spacial score (nSPS) is 23.1. The second-order valence-electron chi connectivity index (χ2n) is 4.65. The molecule has 1 N–H and O–H groups in total. The Bertz CT molecular complexity index is 447. The maximum atomic E-state index is 11.9. The fraction of sp³-hybridized carbons (Fsp3) is 0.500. The number of esters is 1. The van der Waals surface area contributed by atoms with Gasteiger partial charge in [0.1, 0.15) is 0 Å². The molecule has 0 saturated carbocycles. The minimum absolute atomic E-state index is 0.108. The van der Waals surface area contributed by atoms with E-state index in [0.717, 1.165) is 22.7 Å². The van der Waals surface area contributed by atoms with Crippen molar-refractivity contribution in [2.75, 3.05) is 19.7 Å². The van der Waals surface area contributed by atoms with Gasteiger partial charge in [-0.15, -0.1) is 0 Å². The largest absolute Gasteiger partial charge is 0.466 e. The van der Waals surface area contributed by atoms with Gasteiger partial charge in [0, 0.05) is 24.0 Å². The lowest BCUT2D eigenvalue weighted by atomic mass is 9.88. The van der Waals surface area contributed by atoms with E-state index >= 15 is 0 Å². The quantitative estimate of drug-likeness (QED) is 0.856. The summed E-state index contributed by atoms with van der Waals surface area (Å²) in [7, 11) is 0. The molecular weight excluding hydrogens is 250 g/mol. The summed E-state index contributed by atoms with van der Waals surface area (Å²) in [6.07, 6.45) is 0. The van der Waals surface area contributed by atoms with Crippen LogP contribution in [-0.4, -0.2) is 25.7 Å². The number of hydrogen-bond donors (Lipinski definition) is 1. The molecule has 0 unspecified atom stereocenters. The SMILES string of the molecule is CCOC(=O)[C@@H]1CNC[C@H]1c1ccc(C)cc1Cl. The van der Waals surface area contributed by atoms with Gasteiger partial charge in [-0.1, -0.05) is 23.7 Å². The molecule has 0 spiro atoms. The molecule has 4 heteroatoms. The molecule has 1 aliphatic heterocycles. The molecule has 2 atom stereocenters. The maximum absolute atomic E-state index is 11.9. The van der Waals surface area contributed by atoms with Gasteiger partial charge in [0.2, 0.25) is 0 Å². The predicted octanol–water partition coefficient (Wildman–Crippen LogP) is 2.51. The van der Waals surface area contributed by atoms with Crippen LogP contribution in [0.25, 0.3) is 0 Å². The van der Waals surface area contributed by atoms with Gasteiger partial charge in [0.05, 0.1) is 12.5 Å². The van der Waals surface area contributed by atoms with E-state index in [-0.39, 0.29) is 17.8 Å². The highest BCUT2D eigenvalue weighted by atomic mass is 35.5. The van der Waals surface area contributed by atoms with E-state index in [2.05, 4.69) is 5.32 Å². The Labute approximate surface area is 112 Å². The highest BCUT2D eigenvalue weighted by Gasteiger charge is 2.35. The first-order valence-electron chi connectivity index (χ1n) is 6.27. The fourth-order valence-corrected chi connectivity index (χ4v) is 2.81. The first-order chi connectivity index (χ1) is 8.63. The zero-order valence-electron chi connectivity index (χ0n) is 10.7. The number of aryl methyl sites for hydroxylation is 1. The summed E-state index contributed by atoms with van der Waals surface area (Å²) in [4.78, 5) is 11.9. The average molecular weight is 268 g/mol. The predicted molar refractivity (Wildman–Crippen MR) is 71.9 cm³/mol. The third kappa shape index (κ3) is 2.68. The summed E-state index contributed by atoms with van der Waals surface area (Å²) in [6.45, 7) is 5.68. The fourth-order valence-electron chi connectivity index (χ4n) is 2.44. The molecule has 3 nitrogen and oxygen atoms in total. The number of carbonyl (C=O) groups is 1. The first kappa shape index (κ1) is 13.4. The third-order valence-corrected chi connectivity index (χ3v) is 3.69. The van der Waals surface area contributed by atoms with Gasteiger partial charge in [-0.2, -0.15) is 0 Å². The topological polar surface area (TPSA) is 38.3 Å². The molecule has 1 heterocycles. The Hall–Kier alpha value is -1.06. The average Bonchev–Trinajstić information content (AvgIpc) is 2.78. The van der Waals surface area contributed by atoms with Gasteiger partial charge in [-0.25, -0.2) is 0 Å². The zero-order chi connectivity index (χ0) is 13.1. The van der Waals surface area contributed by atoms with Crippen LogP contribution in [0.4, 0.5) is 0 Å².